The Morgan fingerprint density at radius 2 is 2.00 bits per heavy atom. The number of hydrogen-bond acceptors (Lipinski definition) is 4. The molecule has 1 aliphatic rings. The molecule has 0 bridgehead atoms. The number of primary amides is 1. The lowest BCUT2D eigenvalue weighted by molar-refractivity contribution is 0.0996. The summed E-state index contributed by atoms with van der Waals surface area (Å²) in [4.78, 5) is 25.0. The maximum Gasteiger partial charge on any atom is 0.251 e. The highest BCUT2D eigenvalue weighted by Gasteiger charge is 2.21. The number of piperidine rings is 1. The molecule has 8 heteroatoms. The average molecular weight is 513 g/mol. The first kappa shape index (κ1) is 23.2. The number of carbonyl (C=O) groups is 2. The minimum atomic E-state index is -0.776. The molecule has 1 amide bonds. The number of carbonyl (C=O) groups excluding carboxylic acids is 2. The van der Waals surface area contributed by atoms with Crippen LogP contribution < -0.4 is 10.6 Å². The molecule has 1 aliphatic heterocycles. The second kappa shape index (κ2) is 10.3. The van der Waals surface area contributed by atoms with Crippen molar-refractivity contribution in [2.75, 3.05) is 18.0 Å². The molecule has 1 aromatic heterocycles. The van der Waals surface area contributed by atoms with E-state index in [0.29, 0.717) is 11.5 Å². The predicted molar refractivity (Wildman–Crippen MR) is 130 cm³/mol. The van der Waals surface area contributed by atoms with Gasteiger partial charge in [-0.2, -0.15) is 5.10 Å². The fourth-order valence-electron chi connectivity index (χ4n) is 4.45. The number of benzene rings is 2. The predicted octanol–water partition coefficient (Wildman–Crippen LogP) is 5.06. The summed E-state index contributed by atoms with van der Waals surface area (Å²) < 4.78 is 16.8. The second-order valence-corrected chi connectivity index (χ2v) is 9.27. The van der Waals surface area contributed by atoms with Crippen LogP contribution in [0, 0.1) is 11.7 Å². The molecule has 6 nitrogen and oxygen atoms in total. The normalized spacial score (nSPS) is 14.4. The Labute approximate surface area is 200 Å². The second-order valence-electron chi connectivity index (χ2n) is 8.41. The number of anilines is 1. The van der Waals surface area contributed by atoms with Crippen molar-refractivity contribution in [1.82, 2.24) is 9.78 Å². The maximum absolute atomic E-state index is 14.0. The molecule has 3 aromatic rings. The zero-order chi connectivity index (χ0) is 23.4. The molecular formula is C25H26BrFN4O2. The van der Waals surface area contributed by atoms with Gasteiger partial charge in [0.15, 0.2) is 6.29 Å². The first-order chi connectivity index (χ1) is 16.0. The molecule has 1 saturated heterocycles. The van der Waals surface area contributed by atoms with E-state index in [-0.39, 0.29) is 5.56 Å². The number of aromatic nitrogens is 2. The van der Waals surface area contributed by atoms with Crippen LogP contribution in [-0.2, 0) is 6.54 Å². The molecule has 0 unspecified atom stereocenters. The summed E-state index contributed by atoms with van der Waals surface area (Å²) >= 11 is 3.47. The lowest BCUT2D eigenvalue weighted by Crippen LogP contribution is -2.34. The van der Waals surface area contributed by atoms with Crippen LogP contribution in [0.4, 0.5) is 10.1 Å². The molecule has 0 atom stereocenters. The number of rotatable bonds is 8. The van der Waals surface area contributed by atoms with E-state index >= 15 is 0 Å². The number of amides is 1. The van der Waals surface area contributed by atoms with E-state index < -0.39 is 11.7 Å². The van der Waals surface area contributed by atoms with Gasteiger partial charge >= 0.3 is 0 Å². The van der Waals surface area contributed by atoms with Gasteiger partial charge < -0.3 is 10.6 Å². The zero-order valence-electron chi connectivity index (χ0n) is 18.2. The van der Waals surface area contributed by atoms with Crippen LogP contribution in [0.25, 0.3) is 11.1 Å². The van der Waals surface area contributed by atoms with E-state index in [9.17, 15) is 14.0 Å². The topological polar surface area (TPSA) is 81.2 Å². The van der Waals surface area contributed by atoms with Crippen molar-refractivity contribution in [2.24, 2.45) is 11.7 Å². The molecule has 33 heavy (non-hydrogen) atoms. The highest BCUT2D eigenvalue weighted by molar-refractivity contribution is 9.10. The van der Waals surface area contributed by atoms with Crippen molar-refractivity contribution in [1.29, 1.82) is 0 Å². The SMILES string of the molecule is NC(=O)c1ccc(-c2cnn(CCCC3CCN(c4cccc(Br)c4C=O)CC3)c2)cc1F. The average Bonchev–Trinajstić information content (AvgIpc) is 3.28. The van der Waals surface area contributed by atoms with Crippen LogP contribution in [0.5, 0.6) is 0 Å². The fourth-order valence-corrected chi connectivity index (χ4v) is 4.90. The number of nitrogens with zero attached hydrogens (tertiary/aromatic N) is 3. The van der Waals surface area contributed by atoms with Crippen LogP contribution in [0.15, 0.2) is 53.3 Å². The minimum Gasteiger partial charge on any atom is -0.371 e. The van der Waals surface area contributed by atoms with Gasteiger partial charge in [-0.15, -0.1) is 0 Å². The van der Waals surface area contributed by atoms with Gasteiger partial charge in [-0.25, -0.2) is 4.39 Å². The van der Waals surface area contributed by atoms with Crippen LogP contribution >= 0.6 is 15.9 Å². The van der Waals surface area contributed by atoms with Gasteiger partial charge in [0.05, 0.1) is 17.3 Å². The van der Waals surface area contributed by atoms with Crippen molar-refractivity contribution in [3.63, 3.8) is 0 Å². The van der Waals surface area contributed by atoms with Crippen molar-refractivity contribution < 1.29 is 14.0 Å². The Morgan fingerprint density at radius 1 is 1.21 bits per heavy atom. The highest BCUT2D eigenvalue weighted by atomic mass is 79.9. The van der Waals surface area contributed by atoms with Crippen molar-refractivity contribution in [3.05, 3.63) is 70.2 Å². The number of nitrogens with two attached hydrogens (primary N) is 1. The molecule has 2 aromatic carbocycles. The Hall–Kier alpha value is -3.00. The molecule has 0 spiro atoms. The zero-order valence-corrected chi connectivity index (χ0v) is 19.8. The fraction of sp³-hybridized carbons (Fsp3) is 0.320. The van der Waals surface area contributed by atoms with E-state index in [0.717, 1.165) is 72.9 Å². The summed E-state index contributed by atoms with van der Waals surface area (Å²) in [5.74, 6) is -0.748. The third kappa shape index (κ3) is 5.33. The molecule has 4 rings (SSSR count). The monoisotopic (exact) mass is 512 g/mol. The quantitative estimate of drug-likeness (QED) is 0.427. The molecule has 1 fully saturated rings. The highest BCUT2D eigenvalue weighted by Crippen LogP contribution is 2.31. The van der Waals surface area contributed by atoms with Gasteiger partial charge in [-0.3, -0.25) is 14.3 Å². The number of hydrogen-bond donors (Lipinski definition) is 1. The lowest BCUT2D eigenvalue weighted by Gasteiger charge is -2.34. The van der Waals surface area contributed by atoms with Crippen LogP contribution in [-0.4, -0.2) is 35.1 Å². The van der Waals surface area contributed by atoms with Gasteiger partial charge in [0.1, 0.15) is 5.82 Å². The summed E-state index contributed by atoms with van der Waals surface area (Å²) in [5, 5.41) is 4.40. The third-order valence-corrected chi connectivity index (χ3v) is 7.00. The van der Waals surface area contributed by atoms with Crippen LogP contribution in [0.2, 0.25) is 0 Å². The number of halogens is 2. The van der Waals surface area contributed by atoms with Gasteiger partial charge in [0, 0.05) is 41.6 Å². The van der Waals surface area contributed by atoms with E-state index in [2.05, 4.69) is 25.9 Å². The van der Waals surface area contributed by atoms with Crippen molar-refractivity contribution >= 4 is 33.8 Å². The summed E-state index contributed by atoms with van der Waals surface area (Å²) in [6, 6.07) is 10.3. The van der Waals surface area contributed by atoms with Gasteiger partial charge in [0.25, 0.3) is 5.91 Å². The largest absolute Gasteiger partial charge is 0.371 e. The van der Waals surface area contributed by atoms with Gasteiger partial charge in [0.2, 0.25) is 0 Å². The Bertz CT molecular complexity index is 1160. The van der Waals surface area contributed by atoms with Crippen molar-refractivity contribution in [2.45, 2.75) is 32.2 Å². The molecular weight excluding hydrogens is 487 g/mol. The lowest BCUT2D eigenvalue weighted by atomic mass is 9.91. The smallest absolute Gasteiger partial charge is 0.251 e. The van der Waals surface area contributed by atoms with Crippen LogP contribution in [0.3, 0.4) is 0 Å². The van der Waals surface area contributed by atoms with E-state index in [1.807, 2.05) is 29.1 Å². The summed E-state index contributed by atoms with van der Waals surface area (Å²) in [5.41, 5.74) is 8.24. The van der Waals surface area contributed by atoms with Gasteiger partial charge in [-0.1, -0.05) is 12.1 Å². The Morgan fingerprint density at radius 3 is 2.70 bits per heavy atom. The van der Waals surface area contributed by atoms with Crippen molar-refractivity contribution in [3.8, 4) is 11.1 Å². The molecule has 2 N–H and O–H groups in total. The number of aryl methyl sites for hydroxylation is 1. The molecule has 172 valence electrons. The molecule has 0 radical (unpaired) electrons. The first-order valence-electron chi connectivity index (χ1n) is 11.1. The minimum absolute atomic E-state index is 0.112. The molecule has 2 heterocycles. The summed E-state index contributed by atoms with van der Waals surface area (Å²) in [6.45, 7) is 2.68. The maximum atomic E-state index is 14.0. The van der Waals surface area contributed by atoms with E-state index in [1.165, 1.54) is 12.1 Å². The van der Waals surface area contributed by atoms with Crippen LogP contribution in [0.1, 0.15) is 46.4 Å². The van der Waals surface area contributed by atoms with Gasteiger partial charge in [-0.05, 0) is 77.4 Å². The Balaban J connectivity index is 1.27. The summed E-state index contributed by atoms with van der Waals surface area (Å²) in [6.07, 6.45) is 8.85. The molecule has 0 saturated carbocycles. The third-order valence-electron chi connectivity index (χ3n) is 6.30. The Kier molecular flexibility index (Phi) is 7.23. The van der Waals surface area contributed by atoms with E-state index in [1.54, 1.807) is 12.3 Å². The number of aldehydes is 1. The molecule has 0 aliphatic carbocycles. The standard InChI is InChI=1S/C25H26BrFN4O2/c26-22-4-1-5-24(21(22)16-32)30-11-8-17(9-12-30)3-2-10-31-15-19(14-29-31)18-6-7-20(25(28)33)23(27)13-18/h1,4-7,13-17H,2-3,8-12H2,(H2,28,33). The summed E-state index contributed by atoms with van der Waals surface area (Å²) in [7, 11) is 0. The van der Waals surface area contributed by atoms with E-state index in [4.69, 9.17) is 5.73 Å². The first-order valence-corrected chi connectivity index (χ1v) is 11.9.